The summed E-state index contributed by atoms with van der Waals surface area (Å²) >= 11 is 0. The molecule has 2 amide bonds. The molecule has 0 spiro atoms. The highest BCUT2D eigenvalue weighted by atomic mass is 16.5. The lowest BCUT2D eigenvalue weighted by molar-refractivity contribution is -0.146. The average molecular weight is 577 g/mol. The van der Waals surface area contributed by atoms with E-state index in [1.807, 2.05) is 66.7 Å². The van der Waals surface area contributed by atoms with E-state index in [9.17, 15) is 14.7 Å². The van der Waals surface area contributed by atoms with Crippen LogP contribution in [0.5, 0.6) is 5.75 Å². The largest absolute Gasteiger partial charge is 0.497 e. The van der Waals surface area contributed by atoms with Crippen LogP contribution >= 0.6 is 0 Å². The molecule has 42 heavy (non-hydrogen) atoms. The molecule has 0 saturated heterocycles. The molecule has 0 radical (unpaired) electrons. The summed E-state index contributed by atoms with van der Waals surface area (Å²) in [4.78, 5) is 30.5. The fourth-order valence-electron chi connectivity index (χ4n) is 4.75. The molecule has 9 heteroatoms. The van der Waals surface area contributed by atoms with Gasteiger partial charge in [-0.1, -0.05) is 55.1 Å². The first-order chi connectivity index (χ1) is 19.9. The zero-order chi connectivity index (χ0) is 31.0. The number of nitrogens with two attached hydrogens (primary N) is 1. The Morgan fingerprint density at radius 1 is 1.02 bits per heavy atom. The Bertz CT molecular complexity index is 1370. The maximum Gasteiger partial charge on any atom is 0.250 e. The van der Waals surface area contributed by atoms with Crippen LogP contribution in [0, 0.1) is 0 Å². The Morgan fingerprint density at radius 2 is 1.67 bits per heavy atom. The molecule has 0 aromatic heterocycles. The van der Waals surface area contributed by atoms with Crippen LogP contribution in [0.2, 0.25) is 0 Å². The third kappa shape index (κ3) is 8.39. The fraction of sp³-hybridized carbons (Fsp3) is 0.394. The van der Waals surface area contributed by atoms with Gasteiger partial charge >= 0.3 is 0 Å². The van der Waals surface area contributed by atoms with Gasteiger partial charge in [0.2, 0.25) is 11.8 Å². The van der Waals surface area contributed by atoms with E-state index in [-0.39, 0.29) is 13.2 Å². The number of fused-ring (bicyclic) bond motifs is 1. The van der Waals surface area contributed by atoms with Crippen molar-refractivity contribution in [2.45, 2.75) is 44.1 Å². The summed E-state index contributed by atoms with van der Waals surface area (Å²) in [6.45, 7) is 7.83. The van der Waals surface area contributed by atoms with Crippen molar-refractivity contribution in [3.63, 3.8) is 0 Å². The van der Waals surface area contributed by atoms with Crippen LogP contribution in [0.25, 0.3) is 16.3 Å². The molecular weight excluding hydrogens is 532 g/mol. The molecule has 0 aliphatic rings. The molecule has 1 unspecified atom stereocenters. The van der Waals surface area contributed by atoms with E-state index in [4.69, 9.17) is 15.2 Å². The zero-order valence-corrected chi connectivity index (χ0v) is 25.5. The Kier molecular flexibility index (Phi) is 11.2. The molecule has 0 bridgehead atoms. The normalized spacial score (nSPS) is 13.7. The summed E-state index contributed by atoms with van der Waals surface area (Å²) in [5, 5.41) is 15.8. The van der Waals surface area contributed by atoms with Crippen LogP contribution < -0.4 is 15.8 Å². The SMILES string of the molecule is C=C(c1ccc2ccccc2c1)[C@H](C(=O)N(C)[C@H](Cc1ccc(OC)cc1)C(O)NC)N(C)C(=O)COCC(C)(C)N. The second-order valence-electron chi connectivity index (χ2n) is 11.3. The number of hydrogen-bond acceptors (Lipinski definition) is 7. The number of nitrogens with one attached hydrogen (secondary N) is 1. The predicted octanol–water partition coefficient (Wildman–Crippen LogP) is 3.05. The van der Waals surface area contributed by atoms with Crippen LogP contribution in [-0.4, -0.2) is 92.0 Å². The molecule has 0 aliphatic carbocycles. The second-order valence-corrected chi connectivity index (χ2v) is 11.3. The van der Waals surface area contributed by atoms with Gasteiger partial charge in [-0.25, -0.2) is 0 Å². The zero-order valence-electron chi connectivity index (χ0n) is 25.5. The Balaban J connectivity index is 1.96. The monoisotopic (exact) mass is 576 g/mol. The molecule has 3 rings (SSSR count). The third-order valence-electron chi connectivity index (χ3n) is 7.27. The highest BCUT2D eigenvalue weighted by molar-refractivity contribution is 6.00. The van der Waals surface area contributed by atoms with Crippen molar-refractivity contribution in [1.82, 2.24) is 15.1 Å². The molecule has 226 valence electrons. The van der Waals surface area contributed by atoms with Gasteiger partial charge in [0.05, 0.1) is 19.8 Å². The molecular formula is C33H44N4O5. The molecule has 0 aliphatic heterocycles. The average Bonchev–Trinajstić information content (AvgIpc) is 2.98. The highest BCUT2D eigenvalue weighted by Crippen LogP contribution is 2.27. The minimum Gasteiger partial charge on any atom is -0.497 e. The number of nitrogens with zero attached hydrogens (tertiary/aromatic N) is 2. The van der Waals surface area contributed by atoms with E-state index in [1.54, 1.807) is 42.1 Å². The van der Waals surface area contributed by atoms with E-state index in [2.05, 4.69) is 11.9 Å². The first-order valence-corrected chi connectivity index (χ1v) is 13.9. The number of aliphatic hydroxyl groups excluding tert-OH is 1. The Hall–Kier alpha value is -3.76. The van der Waals surface area contributed by atoms with Crippen molar-refractivity contribution in [2.24, 2.45) is 5.73 Å². The summed E-state index contributed by atoms with van der Waals surface area (Å²) in [7, 11) is 6.41. The van der Waals surface area contributed by atoms with Gasteiger partial charge in [-0.3, -0.25) is 14.9 Å². The number of hydrogen-bond donors (Lipinski definition) is 3. The van der Waals surface area contributed by atoms with Crippen molar-refractivity contribution in [3.8, 4) is 5.75 Å². The molecule has 3 aromatic rings. The number of carbonyl (C=O) groups excluding carboxylic acids is 2. The van der Waals surface area contributed by atoms with Crippen LogP contribution in [0.3, 0.4) is 0 Å². The number of carbonyl (C=O) groups is 2. The summed E-state index contributed by atoms with van der Waals surface area (Å²) in [6.07, 6.45) is -0.678. The molecule has 3 atom stereocenters. The number of aliphatic hydroxyl groups is 1. The van der Waals surface area contributed by atoms with E-state index < -0.39 is 35.7 Å². The van der Waals surface area contributed by atoms with E-state index in [0.717, 1.165) is 21.9 Å². The van der Waals surface area contributed by atoms with Crippen LogP contribution in [0.15, 0.2) is 73.3 Å². The molecule has 0 heterocycles. The maximum atomic E-state index is 14.3. The van der Waals surface area contributed by atoms with Gasteiger partial charge in [0.1, 0.15) is 24.6 Å². The van der Waals surface area contributed by atoms with E-state index in [0.29, 0.717) is 17.7 Å². The van der Waals surface area contributed by atoms with Gasteiger partial charge in [0, 0.05) is 19.6 Å². The van der Waals surface area contributed by atoms with Gasteiger partial charge in [-0.15, -0.1) is 0 Å². The number of benzene rings is 3. The lowest BCUT2D eigenvalue weighted by atomic mass is 9.94. The second kappa shape index (κ2) is 14.4. The Labute approximate surface area is 248 Å². The van der Waals surface area contributed by atoms with Gasteiger partial charge in [-0.05, 0) is 73.0 Å². The van der Waals surface area contributed by atoms with Crippen molar-refractivity contribution >= 4 is 28.2 Å². The third-order valence-corrected chi connectivity index (χ3v) is 7.27. The summed E-state index contributed by atoms with van der Waals surface area (Å²) < 4.78 is 10.8. The van der Waals surface area contributed by atoms with Crippen molar-refractivity contribution in [3.05, 3.63) is 84.4 Å². The number of rotatable bonds is 14. The minimum absolute atomic E-state index is 0.176. The molecule has 0 fully saturated rings. The first kappa shape index (κ1) is 32.8. The lowest BCUT2D eigenvalue weighted by Crippen LogP contribution is -2.57. The molecule has 3 aromatic carbocycles. The van der Waals surface area contributed by atoms with Crippen molar-refractivity contribution < 1.29 is 24.2 Å². The van der Waals surface area contributed by atoms with Crippen LogP contribution in [0.1, 0.15) is 25.0 Å². The first-order valence-electron chi connectivity index (χ1n) is 13.9. The maximum absolute atomic E-state index is 14.3. The summed E-state index contributed by atoms with van der Waals surface area (Å²) in [5.41, 5.74) is 7.48. The number of methoxy groups -OCH3 is 1. The highest BCUT2D eigenvalue weighted by Gasteiger charge is 2.36. The van der Waals surface area contributed by atoms with Gasteiger partial charge in [0.25, 0.3) is 0 Å². The van der Waals surface area contributed by atoms with Gasteiger partial charge in [0.15, 0.2) is 0 Å². The molecule has 0 saturated carbocycles. The fourth-order valence-corrected chi connectivity index (χ4v) is 4.75. The molecule has 9 nitrogen and oxygen atoms in total. The van der Waals surface area contributed by atoms with Gasteiger partial charge in [-0.2, -0.15) is 0 Å². The quantitative estimate of drug-likeness (QED) is 0.253. The summed E-state index contributed by atoms with van der Waals surface area (Å²) in [5.74, 6) is -0.0780. The Morgan fingerprint density at radius 3 is 2.26 bits per heavy atom. The van der Waals surface area contributed by atoms with E-state index >= 15 is 0 Å². The van der Waals surface area contributed by atoms with E-state index in [1.165, 1.54) is 9.80 Å². The number of likely N-dealkylation sites (N-methyl/N-ethyl adjacent to an activating group) is 3. The molecule has 4 N–H and O–H groups in total. The number of amides is 2. The van der Waals surface area contributed by atoms with Gasteiger partial charge < -0.3 is 30.1 Å². The standard InChI is InChI=1S/C33H44N4O5/c1-22(25-15-14-24-10-8-9-11-26(24)19-25)30(37(6)29(38)20-42-21-33(2,3)34)32(40)36(5)28(31(39)35-4)18-23-12-16-27(41-7)17-13-23/h8-17,19,28,30-31,35,39H,1,18,20-21,34H2,2-7H3/t28-,30-,31?/m1/s1. The topological polar surface area (TPSA) is 117 Å². The summed E-state index contributed by atoms with van der Waals surface area (Å²) in [6, 6.07) is 19.5. The van der Waals surface area contributed by atoms with Crippen molar-refractivity contribution in [2.75, 3.05) is 41.5 Å². The van der Waals surface area contributed by atoms with Crippen molar-refractivity contribution in [1.29, 1.82) is 0 Å². The lowest BCUT2D eigenvalue weighted by Gasteiger charge is -2.37. The van der Waals surface area contributed by atoms with Crippen LogP contribution in [0.4, 0.5) is 0 Å². The number of ether oxygens (including phenoxy) is 2. The predicted molar refractivity (Wildman–Crippen MR) is 167 cm³/mol. The smallest absolute Gasteiger partial charge is 0.250 e. The minimum atomic E-state index is -1.06. The van der Waals surface area contributed by atoms with Crippen LogP contribution in [-0.2, 0) is 20.7 Å².